The van der Waals surface area contributed by atoms with Gasteiger partial charge in [0.15, 0.2) is 5.88 Å². The Balaban J connectivity index is 1.77. The molecule has 1 saturated heterocycles. The number of rotatable bonds is 6. The number of hydrogen-bond donors (Lipinski definition) is 0. The molecule has 142 valence electrons. The lowest BCUT2D eigenvalue weighted by molar-refractivity contribution is -0.123. The van der Waals surface area contributed by atoms with E-state index >= 15 is 0 Å². The van der Waals surface area contributed by atoms with Crippen molar-refractivity contribution in [1.82, 2.24) is 4.90 Å². The highest BCUT2D eigenvalue weighted by atomic mass is 35.5. The van der Waals surface area contributed by atoms with E-state index in [1.165, 1.54) is 4.90 Å². The number of imide groups is 1. The van der Waals surface area contributed by atoms with E-state index in [9.17, 15) is 9.59 Å². The Labute approximate surface area is 171 Å². The quantitative estimate of drug-likeness (QED) is 0.559. The zero-order chi connectivity index (χ0) is 19.6. The van der Waals surface area contributed by atoms with Crippen molar-refractivity contribution in [2.45, 2.75) is 20.4 Å². The van der Waals surface area contributed by atoms with Crippen LogP contribution in [-0.2, 0) is 11.3 Å². The first-order valence-electron chi connectivity index (χ1n) is 8.47. The van der Waals surface area contributed by atoms with Crippen molar-refractivity contribution in [3.63, 3.8) is 0 Å². The van der Waals surface area contributed by atoms with Gasteiger partial charge in [-0.1, -0.05) is 29.3 Å². The molecule has 5 nitrogen and oxygen atoms in total. The number of hydrogen-bond acceptors (Lipinski definition) is 5. The van der Waals surface area contributed by atoms with Crippen LogP contribution < -0.4 is 4.90 Å². The van der Waals surface area contributed by atoms with Gasteiger partial charge in [-0.3, -0.25) is 14.5 Å². The van der Waals surface area contributed by atoms with Gasteiger partial charge in [-0.15, -0.1) is 0 Å². The first kappa shape index (κ1) is 19.9. The zero-order valence-electron chi connectivity index (χ0n) is 14.9. The van der Waals surface area contributed by atoms with Crippen LogP contribution in [0.2, 0.25) is 10.0 Å². The van der Waals surface area contributed by atoms with Gasteiger partial charge in [-0.25, -0.2) is 0 Å². The lowest BCUT2D eigenvalue weighted by Crippen LogP contribution is -2.27. The highest BCUT2D eigenvalue weighted by Gasteiger charge is 2.35. The fraction of sp³-hybridized carbons (Fsp3) is 0.263. The molecule has 2 aromatic rings. The molecule has 0 bridgehead atoms. The van der Waals surface area contributed by atoms with Gasteiger partial charge in [0.1, 0.15) is 5.76 Å². The van der Waals surface area contributed by atoms with Gasteiger partial charge in [0.05, 0.1) is 21.5 Å². The Morgan fingerprint density at radius 1 is 1.11 bits per heavy atom. The van der Waals surface area contributed by atoms with Crippen LogP contribution in [0.5, 0.6) is 0 Å². The van der Waals surface area contributed by atoms with Gasteiger partial charge in [-0.2, -0.15) is 0 Å². The molecule has 27 heavy (non-hydrogen) atoms. The van der Waals surface area contributed by atoms with Gasteiger partial charge in [0, 0.05) is 25.2 Å². The molecule has 0 N–H and O–H groups in total. The topological polar surface area (TPSA) is 53.8 Å². The number of amides is 2. The third-order valence-electron chi connectivity index (χ3n) is 4.16. The number of nitrogens with zero attached hydrogens (tertiary/aromatic N) is 2. The van der Waals surface area contributed by atoms with Crippen molar-refractivity contribution < 1.29 is 14.0 Å². The van der Waals surface area contributed by atoms with Crippen LogP contribution in [0.1, 0.15) is 25.2 Å². The predicted molar refractivity (Wildman–Crippen MR) is 110 cm³/mol. The Bertz CT molecular complexity index is 906. The highest BCUT2D eigenvalue weighted by molar-refractivity contribution is 8.18. The second-order valence-electron chi connectivity index (χ2n) is 5.86. The molecular weight excluding hydrogens is 407 g/mol. The van der Waals surface area contributed by atoms with Gasteiger partial charge >= 0.3 is 0 Å². The molecule has 2 amide bonds. The number of benzene rings is 1. The van der Waals surface area contributed by atoms with Gasteiger partial charge in [0.25, 0.3) is 11.1 Å². The normalized spacial score (nSPS) is 15.9. The van der Waals surface area contributed by atoms with Crippen LogP contribution in [0.4, 0.5) is 10.7 Å². The van der Waals surface area contributed by atoms with Gasteiger partial charge in [0.2, 0.25) is 0 Å². The van der Waals surface area contributed by atoms with Crippen LogP contribution in [0.3, 0.4) is 0 Å². The maximum absolute atomic E-state index is 12.6. The Morgan fingerprint density at radius 3 is 2.52 bits per heavy atom. The monoisotopic (exact) mass is 424 g/mol. The third-order valence-corrected chi connectivity index (χ3v) is 5.81. The number of carbonyl (C=O) groups excluding carboxylic acids is 2. The van der Waals surface area contributed by atoms with Crippen LogP contribution in [-0.4, -0.2) is 29.1 Å². The van der Waals surface area contributed by atoms with E-state index in [-0.39, 0.29) is 17.7 Å². The molecule has 1 fully saturated rings. The molecule has 0 radical (unpaired) electrons. The lowest BCUT2D eigenvalue weighted by Gasteiger charge is -2.16. The van der Waals surface area contributed by atoms with E-state index in [1.807, 2.05) is 19.9 Å². The number of thioether (sulfide) groups is 1. The molecule has 2 heterocycles. The minimum absolute atomic E-state index is 0.141. The number of anilines is 1. The summed E-state index contributed by atoms with van der Waals surface area (Å²) in [6.07, 6.45) is 1.60. The van der Waals surface area contributed by atoms with Crippen molar-refractivity contribution in [2.75, 3.05) is 18.0 Å². The Morgan fingerprint density at radius 2 is 1.85 bits per heavy atom. The van der Waals surface area contributed by atoms with Crippen molar-refractivity contribution >= 4 is 58.1 Å². The standard InChI is InChI=1S/C19H18Cl2N2O3S/c1-3-22(4-2)17-8-6-13(26-17)10-16-18(24)23(19(25)27-16)11-12-5-7-14(20)15(21)9-12/h5-10H,3-4,11H2,1-2H3/b16-10-. The number of carbonyl (C=O) groups is 2. The summed E-state index contributed by atoms with van der Waals surface area (Å²) in [6, 6.07) is 8.69. The van der Waals surface area contributed by atoms with E-state index < -0.39 is 0 Å². The molecule has 0 unspecified atom stereocenters. The second kappa shape index (κ2) is 8.42. The molecule has 1 aliphatic heterocycles. The third kappa shape index (κ3) is 4.34. The Hall–Kier alpha value is -1.89. The van der Waals surface area contributed by atoms with Crippen LogP contribution in [0.25, 0.3) is 6.08 Å². The maximum Gasteiger partial charge on any atom is 0.293 e. The SMILES string of the molecule is CCN(CC)c1ccc(/C=C2\SC(=O)N(Cc3ccc(Cl)c(Cl)c3)C2=O)o1. The summed E-state index contributed by atoms with van der Waals surface area (Å²) in [5, 5.41) is 0.486. The van der Waals surface area contributed by atoms with Crippen molar-refractivity contribution in [2.24, 2.45) is 0 Å². The van der Waals surface area contributed by atoms with E-state index in [4.69, 9.17) is 27.6 Å². The van der Waals surface area contributed by atoms with E-state index in [0.29, 0.717) is 20.7 Å². The minimum atomic E-state index is -0.350. The highest BCUT2D eigenvalue weighted by Crippen LogP contribution is 2.34. The van der Waals surface area contributed by atoms with Crippen LogP contribution in [0, 0.1) is 0 Å². The van der Waals surface area contributed by atoms with Crippen molar-refractivity contribution in [1.29, 1.82) is 0 Å². The van der Waals surface area contributed by atoms with Gasteiger partial charge in [-0.05, 0) is 49.4 Å². The molecule has 1 aliphatic rings. The van der Waals surface area contributed by atoms with Gasteiger partial charge < -0.3 is 9.32 Å². The molecule has 0 saturated carbocycles. The molecule has 0 spiro atoms. The average Bonchev–Trinajstić information content (AvgIpc) is 3.20. The Kier molecular flexibility index (Phi) is 6.19. The minimum Gasteiger partial charge on any atom is -0.441 e. The summed E-state index contributed by atoms with van der Waals surface area (Å²) in [6.45, 7) is 5.87. The lowest BCUT2D eigenvalue weighted by atomic mass is 10.2. The molecule has 8 heteroatoms. The molecular formula is C19H18Cl2N2O3S. The molecule has 0 aliphatic carbocycles. The number of halogens is 2. The average molecular weight is 425 g/mol. The molecule has 3 rings (SSSR count). The molecule has 1 aromatic carbocycles. The van der Waals surface area contributed by atoms with E-state index in [2.05, 4.69) is 4.90 Å². The van der Waals surface area contributed by atoms with Crippen LogP contribution in [0.15, 0.2) is 39.7 Å². The first-order valence-corrected chi connectivity index (χ1v) is 10.0. The summed E-state index contributed by atoms with van der Waals surface area (Å²) in [5.41, 5.74) is 0.731. The number of furan rings is 1. The zero-order valence-corrected chi connectivity index (χ0v) is 17.2. The van der Waals surface area contributed by atoms with E-state index in [0.717, 1.165) is 36.3 Å². The summed E-state index contributed by atoms with van der Waals surface area (Å²) in [7, 11) is 0. The first-order chi connectivity index (χ1) is 12.9. The fourth-order valence-electron chi connectivity index (χ4n) is 2.71. The smallest absolute Gasteiger partial charge is 0.293 e. The van der Waals surface area contributed by atoms with Crippen LogP contribution >= 0.6 is 35.0 Å². The van der Waals surface area contributed by atoms with E-state index in [1.54, 1.807) is 30.3 Å². The summed E-state index contributed by atoms with van der Waals surface area (Å²) < 4.78 is 5.78. The summed E-state index contributed by atoms with van der Waals surface area (Å²) >= 11 is 12.8. The summed E-state index contributed by atoms with van der Waals surface area (Å²) in [4.78, 5) is 28.5. The molecule has 0 atom stereocenters. The maximum atomic E-state index is 12.6. The summed E-state index contributed by atoms with van der Waals surface area (Å²) in [5.74, 6) is 0.926. The van der Waals surface area contributed by atoms with Crippen molar-refractivity contribution in [3.05, 3.63) is 56.6 Å². The largest absolute Gasteiger partial charge is 0.441 e. The second-order valence-corrected chi connectivity index (χ2v) is 7.67. The predicted octanol–water partition coefficient (Wildman–Crippen LogP) is 5.67. The fourth-order valence-corrected chi connectivity index (χ4v) is 3.85. The van der Waals surface area contributed by atoms with Crippen molar-refractivity contribution in [3.8, 4) is 0 Å². The molecule has 1 aromatic heterocycles.